The molecule has 1 atom stereocenters. The zero-order valence-electron chi connectivity index (χ0n) is 13.7. The Balaban J connectivity index is 1.92. The van der Waals surface area contributed by atoms with Crippen LogP contribution in [0.5, 0.6) is 0 Å². The van der Waals surface area contributed by atoms with Crippen LogP contribution in [0.3, 0.4) is 0 Å². The Bertz CT molecular complexity index is 790. The molecule has 1 amide bonds. The topological polar surface area (TPSA) is 110 Å². The molecule has 0 spiro atoms. The largest absolute Gasteiger partial charge is 0.480 e. The Morgan fingerprint density at radius 2 is 1.65 bits per heavy atom. The van der Waals surface area contributed by atoms with Crippen molar-refractivity contribution < 1.29 is 19.6 Å². The molecule has 2 aromatic rings. The molecule has 136 valence electrons. The number of carbonyl (C=O) groups excluding carboxylic acids is 1. The quantitative estimate of drug-likeness (QED) is 0.543. The monoisotopic (exact) mass is 376 g/mol. The van der Waals surface area contributed by atoms with Crippen LogP contribution in [0.25, 0.3) is 0 Å². The average Bonchev–Trinajstić information content (AvgIpc) is 2.61. The summed E-state index contributed by atoms with van der Waals surface area (Å²) < 4.78 is 0. The van der Waals surface area contributed by atoms with Gasteiger partial charge in [0.1, 0.15) is 6.04 Å². The molecule has 0 aliphatic carbocycles. The second-order valence-electron chi connectivity index (χ2n) is 5.71. The maximum Gasteiger partial charge on any atom is 0.326 e. The fraction of sp³-hybridized carbons (Fsp3) is 0.222. The highest BCUT2D eigenvalue weighted by Gasteiger charge is 2.20. The first-order valence-corrected chi connectivity index (χ1v) is 8.23. The lowest BCUT2D eigenvalue weighted by atomic mass is 10.0. The van der Waals surface area contributed by atoms with Crippen molar-refractivity contribution in [1.29, 1.82) is 0 Å². The van der Waals surface area contributed by atoms with Gasteiger partial charge in [0.2, 0.25) is 5.91 Å². The third kappa shape index (κ3) is 5.86. The molecule has 0 aliphatic rings. The van der Waals surface area contributed by atoms with Gasteiger partial charge in [-0.1, -0.05) is 35.9 Å². The molecule has 0 fully saturated rings. The van der Waals surface area contributed by atoms with Crippen LogP contribution in [0.4, 0.5) is 5.69 Å². The number of aryl methyl sites for hydroxylation is 1. The molecular weight excluding hydrogens is 360 g/mol. The first-order valence-electron chi connectivity index (χ1n) is 7.85. The van der Waals surface area contributed by atoms with Crippen LogP contribution >= 0.6 is 11.6 Å². The number of aliphatic carboxylic acids is 1. The molecule has 0 radical (unpaired) electrons. The number of carboxylic acid groups (broad SMARTS) is 1. The van der Waals surface area contributed by atoms with Crippen molar-refractivity contribution in [2.75, 3.05) is 0 Å². The van der Waals surface area contributed by atoms with Crippen molar-refractivity contribution in [3.8, 4) is 0 Å². The smallest absolute Gasteiger partial charge is 0.326 e. The Morgan fingerprint density at radius 3 is 2.19 bits per heavy atom. The van der Waals surface area contributed by atoms with Crippen LogP contribution in [-0.4, -0.2) is 27.9 Å². The Morgan fingerprint density at radius 1 is 1.08 bits per heavy atom. The zero-order chi connectivity index (χ0) is 19.1. The summed E-state index contributed by atoms with van der Waals surface area (Å²) in [6.07, 6.45) is 0.651. The van der Waals surface area contributed by atoms with Gasteiger partial charge in [0.05, 0.1) is 4.92 Å². The number of carboxylic acids is 1. The minimum Gasteiger partial charge on any atom is -0.480 e. The van der Waals surface area contributed by atoms with E-state index in [1.807, 2.05) is 0 Å². The first-order chi connectivity index (χ1) is 12.3. The van der Waals surface area contributed by atoms with E-state index in [0.717, 1.165) is 5.56 Å². The van der Waals surface area contributed by atoms with Gasteiger partial charge in [-0.25, -0.2) is 4.79 Å². The zero-order valence-corrected chi connectivity index (χ0v) is 14.5. The molecule has 2 aromatic carbocycles. The van der Waals surface area contributed by atoms with Gasteiger partial charge < -0.3 is 10.4 Å². The predicted octanol–water partition coefficient (Wildman–Crippen LogP) is 2.99. The lowest BCUT2D eigenvalue weighted by Gasteiger charge is -2.14. The van der Waals surface area contributed by atoms with Crippen molar-refractivity contribution in [3.05, 3.63) is 74.8 Å². The highest BCUT2D eigenvalue weighted by molar-refractivity contribution is 6.30. The SMILES string of the molecule is O=C(CCc1ccc(Cl)cc1)NC(Cc1ccc([N+](=O)[O-])cc1)C(=O)O. The third-order valence-corrected chi connectivity index (χ3v) is 4.03. The molecule has 0 aliphatic heterocycles. The third-order valence-electron chi connectivity index (χ3n) is 3.77. The van der Waals surface area contributed by atoms with Crippen LogP contribution in [0, 0.1) is 10.1 Å². The van der Waals surface area contributed by atoms with E-state index in [4.69, 9.17) is 11.6 Å². The molecule has 2 rings (SSSR count). The number of non-ortho nitro benzene ring substituents is 1. The molecule has 0 saturated carbocycles. The summed E-state index contributed by atoms with van der Waals surface area (Å²) in [7, 11) is 0. The fourth-order valence-electron chi connectivity index (χ4n) is 2.36. The maximum atomic E-state index is 12.0. The summed E-state index contributed by atoms with van der Waals surface area (Å²) in [5, 5.41) is 23.0. The molecule has 7 nitrogen and oxygen atoms in total. The van der Waals surface area contributed by atoms with Gasteiger partial charge in [-0.15, -0.1) is 0 Å². The number of hydrogen-bond acceptors (Lipinski definition) is 4. The molecule has 26 heavy (non-hydrogen) atoms. The van der Waals surface area contributed by atoms with Gasteiger partial charge in [0.15, 0.2) is 0 Å². The number of nitrogens with zero attached hydrogens (tertiary/aromatic N) is 1. The van der Waals surface area contributed by atoms with Crippen LogP contribution in [0.15, 0.2) is 48.5 Å². The molecule has 8 heteroatoms. The molecule has 0 bridgehead atoms. The van der Waals surface area contributed by atoms with E-state index in [1.54, 1.807) is 24.3 Å². The predicted molar refractivity (Wildman–Crippen MR) is 96.1 cm³/mol. The number of hydrogen-bond donors (Lipinski definition) is 2. The van der Waals surface area contributed by atoms with E-state index in [0.29, 0.717) is 17.0 Å². The maximum absolute atomic E-state index is 12.0. The Labute approximate surface area is 154 Å². The first kappa shape index (κ1) is 19.4. The van der Waals surface area contributed by atoms with Crippen LogP contribution in [0.1, 0.15) is 17.5 Å². The second kappa shape index (κ2) is 8.96. The van der Waals surface area contributed by atoms with E-state index in [2.05, 4.69) is 5.32 Å². The lowest BCUT2D eigenvalue weighted by molar-refractivity contribution is -0.384. The van der Waals surface area contributed by atoms with Gasteiger partial charge in [0, 0.05) is 30.0 Å². The summed E-state index contributed by atoms with van der Waals surface area (Å²) in [4.78, 5) is 33.5. The average molecular weight is 377 g/mol. The van der Waals surface area contributed by atoms with Gasteiger partial charge in [0.25, 0.3) is 5.69 Å². The van der Waals surface area contributed by atoms with Crippen molar-refractivity contribution in [1.82, 2.24) is 5.32 Å². The number of nitrogens with one attached hydrogen (secondary N) is 1. The summed E-state index contributed by atoms with van der Waals surface area (Å²) in [5.74, 6) is -1.54. The summed E-state index contributed by atoms with van der Waals surface area (Å²) >= 11 is 5.80. The van der Waals surface area contributed by atoms with Crippen LogP contribution < -0.4 is 5.32 Å². The second-order valence-corrected chi connectivity index (χ2v) is 6.15. The van der Waals surface area contributed by atoms with Crippen molar-refractivity contribution in [2.24, 2.45) is 0 Å². The molecule has 0 aromatic heterocycles. The van der Waals surface area contributed by atoms with Crippen molar-refractivity contribution in [2.45, 2.75) is 25.3 Å². The number of nitro groups is 1. The van der Waals surface area contributed by atoms with E-state index in [1.165, 1.54) is 24.3 Å². The molecule has 1 unspecified atom stereocenters. The van der Waals surface area contributed by atoms with E-state index in [-0.39, 0.29) is 24.4 Å². The minimum absolute atomic E-state index is 0.0417. The van der Waals surface area contributed by atoms with Crippen LogP contribution in [0.2, 0.25) is 5.02 Å². The van der Waals surface area contributed by atoms with E-state index >= 15 is 0 Å². The summed E-state index contributed by atoms with van der Waals surface area (Å²) in [5.41, 5.74) is 1.43. The number of carbonyl (C=O) groups is 2. The molecular formula is C18H17ClN2O5. The molecule has 2 N–H and O–H groups in total. The van der Waals surface area contributed by atoms with Gasteiger partial charge in [-0.05, 0) is 29.7 Å². The normalized spacial score (nSPS) is 11.6. The molecule has 0 heterocycles. The van der Waals surface area contributed by atoms with E-state index in [9.17, 15) is 24.8 Å². The number of nitro benzene ring substituents is 1. The minimum atomic E-state index is -1.16. The lowest BCUT2D eigenvalue weighted by Crippen LogP contribution is -2.42. The number of halogens is 1. The van der Waals surface area contributed by atoms with Crippen molar-refractivity contribution >= 4 is 29.2 Å². The number of rotatable bonds is 8. The summed E-state index contributed by atoms with van der Waals surface area (Å²) in [6.45, 7) is 0. The Kier molecular flexibility index (Phi) is 6.68. The van der Waals surface area contributed by atoms with Crippen molar-refractivity contribution in [3.63, 3.8) is 0 Å². The Hall–Kier alpha value is -2.93. The van der Waals surface area contributed by atoms with Crippen LogP contribution in [-0.2, 0) is 22.4 Å². The van der Waals surface area contributed by atoms with Gasteiger partial charge in [-0.3, -0.25) is 14.9 Å². The standard InChI is InChI=1S/C18H17ClN2O5/c19-14-6-1-12(2-7-14)5-10-17(22)20-16(18(23)24)11-13-3-8-15(9-4-13)21(25)26/h1-4,6-9,16H,5,10-11H2,(H,20,22)(H,23,24). The van der Waals surface area contributed by atoms with E-state index < -0.39 is 16.9 Å². The number of amides is 1. The highest BCUT2D eigenvalue weighted by atomic mass is 35.5. The van der Waals surface area contributed by atoms with Gasteiger partial charge in [-0.2, -0.15) is 0 Å². The fourth-order valence-corrected chi connectivity index (χ4v) is 2.49. The number of benzene rings is 2. The summed E-state index contributed by atoms with van der Waals surface area (Å²) in [6, 6.07) is 11.5. The highest BCUT2D eigenvalue weighted by Crippen LogP contribution is 2.14. The van der Waals surface area contributed by atoms with Gasteiger partial charge >= 0.3 is 5.97 Å². The molecule has 0 saturated heterocycles.